The Morgan fingerprint density at radius 1 is 1.40 bits per heavy atom. The Kier molecular flexibility index (Phi) is 5.02. The van der Waals surface area contributed by atoms with Crippen LogP contribution in [0.4, 0.5) is 0 Å². The van der Waals surface area contributed by atoms with E-state index in [4.69, 9.17) is 0 Å². The molecule has 0 bridgehead atoms. The van der Waals surface area contributed by atoms with Gasteiger partial charge in [-0.25, -0.2) is 4.79 Å². The summed E-state index contributed by atoms with van der Waals surface area (Å²) in [4.78, 5) is 25.9. The number of likely N-dealkylation sites (tertiary alicyclic amines) is 1. The molecule has 5 heteroatoms. The van der Waals surface area contributed by atoms with Gasteiger partial charge in [-0.05, 0) is 51.1 Å². The molecule has 2 atom stereocenters. The van der Waals surface area contributed by atoms with Gasteiger partial charge in [-0.15, -0.1) is 0 Å². The molecule has 20 heavy (non-hydrogen) atoms. The van der Waals surface area contributed by atoms with Crippen molar-refractivity contribution in [2.75, 3.05) is 19.6 Å². The van der Waals surface area contributed by atoms with Crippen molar-refractivity contribution in [1.82, 2.24) is 10.2 Å². The van der Waals surface area contributed by atoms with E-state index in [1.807, 2.05) is 6.92 Å². The zero-order valence-corrected chi connectivity index (χ0v) is 12.4. The molecular weight excluding hydrogens is 256 g/mol. The monoisotopic (exact) mass is 282 g/mol. The maximum absolute atomic E-state index is 12.5. The third-order valence-electron chi connectivity index (χ3n) is 4.71. The average molecular weight is 282 g/mol. The summed E-state index contributed by atoms with van der Waals surface area (Å²) in [5.74, 6) is -0.427. The molecule has 0 aliphatic carbocycles. The van der Waals surface area contributed by atoms with E-state index in [2.05, 4.69) is 5.32 Å². The van der Waals surface area contributed by atoms with E-state index in [1.165, 1.54) is 0 Å². The molecule has 0 aromatic heterocycles. The Balaban J connectivity index is 2.04. The van der Waals surface area contributed by atoms with Gasteiger partial charge in [0.2, 0.25) is 5.91 Å². The second-order valence-electron chi connectivity index (χ2n) is 6.15. The molecule has 2 N–H and O–H groups in total. The molecule has 0 radical (unpaired) electrons. The summed E-state index contributed by atoms with van der Waals surface area (Å²) < 4.78 is 0. The van der Waals surface area contributed by atoms with E-state index in [1.54, 1.807) is 4.90 Å². The lowest BCUT2D eigenvalue weighted by molar-refractivity contribution is -0.157. The fraction of sp³-hybridized carbons (Fsp3) is 0.867. The molecular formula is C15H26N2O3. The van der Waals surface area contributed by atoms with Gasteiger partial charge < -0.3 is 15.3 Å². The molecule has 2 saturated heterocycles. The maximum atomic E-state index is 12.5. The molecule has 2 aliphatic rings. The number of carboxylic acid groups (broad SMARTS) is 1. The van der Waals surface area contributed by atoms with Crippen molar-refractivity contribution < 1.29 is 14.7 Å². The molecule has 0 aromatic carbocycles. The lowest BCUT2D eigenvalue weighted by Crippen LogP contribution is -2.53. The van der Waals surface area contributed by atoms with Crippen LogP contribution in [0.5, 0.6) is 0 Å². The zero-order chi connectivity index (χ0) is 14.6. The van der Waals surface area contributed by atoms with E-state index < -0.39 is 11.5 Å². The Morgan fingerprint density at radius 3 is 2.80 bits per heavy atom. The smallest absolute Gasteiger partial charge is 0.329 e. The van der Waals surface area contributed by atoms with Crippen molar-refractivity contribution in [3.63, 3.8) is 0 Å². The van der Waals surface area contributed by atoms with E-state index >= 15 is 0 Å². The number of hydrogen-bond acceptors (Lipinski definition) is 3. The predicted octanol–water partition coefficient (Wildman–Crippen LogP) is 1.62. The Morgan fingerprint density at radius 2 is 2.20 bits per heavy atom. The lowest BCUT2D eigenvalue weighted by atomic mass is 9.89. The van der Waals surface area contributed by atoms with Gasteiger partial charge in [-0.1, -0.05) is 13.3 Å². The van der Waals surface area contributed by atoms with Gasteiger partial charge in [-0.3, -0.25) is 4.79 Å². The molecule has 0 spiro atoms. The lowest BCUT2D eigenvalue weighted by Gasteiger charge is -2.36. The van der Waals surface area contributed by atoms with Crippen molar-refractivity contribution in [3.8, 4) is 0 Å². The third-order valence-corrected chi connectivity index (χ3v) is 4.71. The van der Waals surface area contributed by atoms with Crippen LogP contribution in [0.15, 0.2) is 0 Å². The highest BCUT2D eigenvalue weighted by Crippen LogP contribution is 2.35. The van der Waals surface area contributed by atoms with E-state index in [-0.39, 0.29) is 5.91 Å². The Hall–Kier alpha value is -1.10. The van der Waals surface area contributed by atoms with E-state index in [0.717, 1.165) is 38.8 Å². The number of rotatable bonds is 5. The second-order valence-corrected chi connectivity index (χ2v) is 6.15. The van der Waals surface area contributed by atoms with Crippen LogP contribution in [0.1, 0.15) is 51.9 Å². The first-order valence-corrected chi connectivity index (χ1v) is 7.84. The van der Waals surface area contributed by atoms with E-state index in [0.29, 0.717) is 31.7 Å². The van der Waals surface area contributed by atoms with Crippen LogP contribution < -0.4 is 5.32 Å². The van der Waals surface area contributed by atoms with Crippen LogP contribution in [0.2, 0.25) is 0 Å². The van der Waals surface area contributed by atoms with Gasteiger partial charge >= 0.3 is 5.97 Å². The molecule has 2 fully saturated rings. The largest absolute Gasteiger partial charge is 0.479 e. The molecule has 2 unspecified atom stereocenters. The molecule has 1 amide bonds. The van der Waals surface area contributed by atoms with Gasteiger partial charge in [0.25, 0.3) is 0 Å². The first kappa shape index (κ1) is 15.3. The van der Waals surface area contributed by atoms with Crippen LogP contribution in [-0.2, 0) is 9.59 Å². The van der Waals surface area contributed by atoms with Crippen molar-refractivity contribution in [2.45, 2.75) is 57.4 Å². The summed E-state index contributed by atoms with van der Waals surface area (Å²) in [6, 6.07) is 0. The molecule has 114 valence electrons. The van der Waals surface area contributed by atoms with Crippen LogP contribution in [-0.4, -0.2) is 47.1 Å². The third kappa shape index (κ3) is 2.97. The topological polar surface area (TPSA) is 69.6 Å². The summed E-state index contributed by atoms with van der Waals surface area (Å²) in [6.07, 6.45) is 5.44. The highest BCUT2D eigenvalue weighted by Gasteiger charge is 2.49. The standard InChI is InChI=1S/C15H26N2O3/c1-2-6-15(14(19)20)7-4-9-17(15)13(18)10-12-5-3-8-16-11-12/h12,16H,2-11H2,1H3,(H,19,20). The number of amides is 1. The average Bonchev–Trinajstić information content (AvgIpc) is 2.85. The number of piperidine rings is 1. The second kappa shape index (κ2) is 6.57. The fourth-order valence-electron chi connectivity index (χ4n) is 3.70. The Bertz CT molecular complexity index is 366. The zero-order valence-electron chi connectivity index (χ0n) is 12.4. The molecule has 2 aliphatic heterocycles. The fourth-order valence-corrected chi connectivity index (χ4v) is 3.70. The highest BCUT2D eigenvalue weighted by molar-refractivity contribution is 5.87. The minimum atomic E-state index is -0.937. The number of carbonyl (C=O) groups excluding carboxylic acids is 1. The van der Waals surface area contributed by atoms with Gasteiger partial charge in [0.1, 0.15) is 5.54 Å². The summed E-state index contributed by atoms with van der Waals surface area (Å²) in [6.45, 7) is 4.50. The Labute approximate surface area is 120 Å². The first-order chi connectivity index (χ1) is 9.60. The van der Waals surface area contributed by atoms with Crippen LogP contribution in [0.3, 0.4) is 0 Å². The molecule has 0 saturated carbocycles. The molecule has 2 rings (SSSR count). The van der Waals surface area contributed by atoms with Gasteiger partial charge in [0.15, 0.2) is 0 Å². The van der Waals surface area contributed by atoms with Crippen LogP contribution >= 0.6 is 0 Å². The summed E-state index contributed by atoms with van der Waals surface area (Å²) in [5.41, 5.74) is -0.937. The number of aliphatic carboxylic acids is 1. The molecule has 2 heterocycles. The number of hydrogen-bond donors (Lipinski definition) is 2. The minimum absolute atomic E-state index is 0.0343. The van der Waals surface area contributed by atoms with Crippen molar-refractivity contribution in [1.29, 1.82) is 0 Å². The minimum Gasteiger partial charge on any atom is -0.479 e. The van der Waals surface area contributed by atoms with Crippen molar-refractivity contribution >= 4 is 11.9 Å². The van der Waals surface area contributed by atoms with Gasteiger partial charge in [0, 0.05) is 13.0 Å². The number of nitrogens with one attached hydrogen (secondary N) is 1. The van der Waals surface area contributed by atoms with Crippen molar-refractivity contribution in [3.05, 3.63) is 0 Å². The predicted molar refractivity (Wildman–Crippen MR) is 76.4 cm³/mol. The van der Waals surface area contributed by atoms with Crippen LogP contribution in [0.25, 0.3) is 0 Å². The first-order valence-electron chi connectivity index (χ1n) is 7.84. The normalized spacial score (nSPS) is 30.4. The van der Waals surface area contributed by atoms with Crippen LogP contribution in [0, 0.1) is 5.92 Å². The van der Waals surface area contributed by atoms with E-state index in [9.17, 15) is 14.7 Å². The number of carboxylic acids is 1. The summed E-state index contributed by atoms with van der Waals surface area (Å²) in [5, 5.41) is 12.9. The van der Waals surface area contributed by atoms with Crippen molar-refractivity contribution in [2.24, 2.45) is 5.92 Å². The number of nitrogens with zero attached hydrogens (tertiary/aromatic N) is 1. The summed E-state index contributed by atoms with van der Waals surface area (Å²) >= 11 is 0. The van der Waals surface area contributed by atoms with Gasteiger partial charge in [0.05, 0.1) is 0 Å². The molecule has 5 nitrogen and oxygen atoms in total. The maximum Gasteiger partial charge on any atom is 0.329 e. The highest BCUT2D eigenvalue weighted by atomic mass is 16.4. The molecule has 0 aromatic rings. The SMILES string of the molecule is CCCC1(C(=O)O)CCCN1C(=O)CC1CCCNC1. The summed E-state index contributed by atoms with van der Waals surface area (Å²) in [7, 11) is 0. The number of carbonyl (C=O) groups is 2. The quantitative estimate of drug-likeness (QED) is 0.804. The van der Waals surface area contributed by atoms with Gasteiger partial charge in [-0.2, -0.15) is 0 Å².